The first-order valence-corrected chi connectivity index (χ1v) is 10.5. The number of hydrogen-bond donors (Lipinski definition) is 2. The summed E-state index contributed by atoms with van der Waals surface area (Å²) in [6.07, 6.45) is 4.85. The van der Waals surface area contributed by atoms with E-state index in [0.717, 1.165) is 84.5 Å². The molecule has 0 bridgehead atoms. The molecule has 26 heavy (non-hydrogen) atoms. The molecule has 0 amide bonds. The highest BCUT2D eigenvalue weighted by Gasteiger charge is 2.39. The lowest BCUT2D eigenvalue weighted by Gasteiger charge is -2.43. The fourth-order valence-corrected chi connectivity index (χ4v) is 4.24. The molecule has 0 atom stereocenters. The Kier molecular flexibility index (Phi) is 7.98. The summed E-state index contributed by atoms with van der Waals surface area (Å²) in [5.74, 6) is 0.950. The van der Waals surface area contributed by atoms with Crippen LogP contribution in [0.2, 0.25) is 0 Å². The molecular formula is C19H37N5O2. The maximum Gasteiger partial charge on any atom is 0.191 e. The maximum atomic E-state index is 5.65. The SMILES string of the molecule is CCNC(=NCC1(N2CCCC2)CCOCC1)NCCN1CCOCC1. The van der Waals surface area contributed by atoms with Gasteiger partial charge in [-0.25, -0.2) is 0 Å². The maximum absolute atomic E-state index is 5.65. The third-order valence-corrected chi connectivity index (χ3v) is 5.90. The smallest absolute Gasteiger partial charge is 0.191 e. The van der Waals surface area contributed by atoms with Gasteiger partial charge in [-0.1, -0.05) is 0 Å². The number of aliphatic imine (C=N–C) groups is 1. The minimum Gasteiger partial charge on any atom is -0.381 e. The number of hydrogen-bond acceptors (Lipinski definition) is 5. The lowest BCUT2D eigenvalue weighted by atomic mass is 9.88. The van der Waals surface area contributed by atoms with Crippen LogP contribution < -0.4 is 10.6 Å². The monoisotopic (exact) mass is 367 g/mol. The summed E-state index contributed by atoms with van der Waals surface area (Å²) in [4.78, 5) is 10.1. The van der Waals surface area contributed by atoms with Gasteiger partial charge in [0.05, 0.1) is 19.8 Å². The van der Waals surface area contributed by atoms with Crippen molar-refractivity contribution in [3.05, 3.63) is 0 Å². The van der Waals surface area contributed by atoms with Crippen LogP contribution in [-0.2, 0) is 9.47 Å². The summed E-state index contributed by atoms with van der Waals surface area (Å²) >= 11 is 0. The van der Waals surface area contributed by atoms with Gasteiger partial charge in [0.15, 0.2) is 5.96 Å². The van der Waals surface area contributed by atoms with Crippen molar-refractivity contribution in [2.24, 2.45) is 4.99 Å². The number of ether oxygens (including phenoxy) is 2. The van der Waals surface area contributed by atoms with Crippen molar-refractivity contribution in [3.63, 3.8) is 0 Å². The highest BCUT2D eigenvalue weighted by molar-refractivity contribution is 5.79. The van der Waals surface area contributed by atoms with E-state index in [0.29, 0.717) is 0 Å². The van der Waals surface area contributed by atoms with Crippen LogP contribution in [0.25, 0.3) is 0 Å². The Morgan fingerprint density at radius 1 is 0.962 bits per heavy atom. The molecule has 0 aliphatic carbocycles. The minimum atomic E-state index is 0.196. The van der Waals surface area contributed by atoms with Crippen molar-refractivity contribution in [1.82, 2.24) is 20.4 Å². The number of nitrogens with one attached hydrogen (secondary N) is 2. The van der Waals surface area contributed by atoms with Crippen LogP contribution in [0.3, 0.4) is 0 Å². The quantitative estimate of drug-likeness (QED) is 0.505. The second-order valence-corrected chi connectivity index (χ2v) is 7.61. The molecule has 3 heterocycles. The molecule has 3 fully saturated rings. The van der Waals surface area contributed by atoms with Crippen LogP contribution in [0.1, 0.15) is 32.6 Å². The van der Waals surface area contributed by atoms with Crippen molar-refractivity contribution in [2.75, 3.05) is 78.8 Å². The Bertz CT molecular complexity index is 428. The van der Waals surface area contributed by atoms with E-state index in [1.54, 1.807) is 0 Å². The second kappa shape index (κ2) is 10.4. The Balaban J connectivity index is 1.53. The van der Waals surface area contributed by atoms with Crippen LogP contribution in [0.5, 0.6) is 0 Å². The Labute approximate surface area is 158 Å². The first-order chi connectivity index (χ1) is 12.8. The number of likely N-dealkylation sites (tertiary alicyclic amines) is 1. The van der Waals surface area contributed by atoms with Gasteiger partial charge in [0, 0.05) is 51.5 Å². The molecule has 0 unspecified atom stereocenters. The van der Waals surface area contributed by atoms with Gasteiger partial charge in [0.25, 0.3) is 0 Å². The number of morpholine rings is 1. The predicted octanol–water partition coefficient (Wildman–Crippen LogP) is 0.519. The molecule has 3 rings (SSSR count). The van der Waals surface area contributed by atoms with E-state index in [2.05, 4.69) is 27.4 Å². The molecule has 0 aromatic heterocycles. The number of guanidine groups is 1. The molecule has 3 saturated heterocycles. The molecule has 3 aliphatic heterocycles. The molecule has 0 saturated carbocycles. The minimum absolute atomic E-state index is 0.196. The van der Waals surface area contributed by atoms with Crippen LogP contribution in [0.4, 0.5) is 0 Å². The first kappa shape index (κ1) is 19.9. The topological polar surface area (TPSA) is 61.4 Å². The third kappa shape index (κ3) is 5.55. The van der Waals surface area contributed by atoms with E-state index in [9.17, 15) is 0 Å². The van der Waals surface area contributed by atoms with Gasteiger partial charge < -0.3 is 20.1 Å². The highest BCUT2D eigenvalue weighted by Crippen LogP contribution is 2.31. The van der Waals surface area contributed by atoms with Crippen molar-refractivity contribution in [2.45, 2.75) is 38.1 Å². The van der Waals surface area contributed by atoms with Gasteiger partial charge in [-0.15, -0.1) is 0 Å². The molecule has 7 heteroatoms. The second-order valence-electron chi connectivity index (χ2n) is 7.61. The number of rotatable bonds is 7. The zero-order valence-corrected chi connectivity index (χ0v) is 16.5. The van der Waals surface area contributed by atoms with Gasteiger partial charge in [0.1, 0.15) is 0 Å². The standard InChI is InChI=1S/C19H37N5O2/c1-2-20-18(21-7-10-23-11-15-26-16-12-23)22-17-19(5-13-25-14-6-19)24-8-3-4-9-24/h2-17H2,1H3,(H2,20,21,22). The molecule has 0 radical (unpaired) electrons. The highest BCUT2D eigenvalue weighted by atomic mass is 16.5. The Hall–Kier alpha value is -0.890. The summed E-state index contributed by atoms with van der Waals surface area (Å²) in [5, 5.41) is 6.94. The van der Waals surface area contributed by atoms with Gasteiger partial charge in [0.2, 0.25) is 0 Å². The lowest BCUT2D eigenvalue weighted by molar-refractivity contribution is -0.0139. The van der Waals surface area contributed by atoms with Crippen molar-refractivity contribution in [1.29, 1.82) is 0 Å². The number of nitrogens with zero attached hydrogens (tertiary/aromatic N) is 3. The predicted molar refractivity (Wildman–Crippen MR) is 105 cm³/mol. The molecule has 150 valence electrons. The summed E-state index contributed by atoms with van der Waals surface area (Å²) in [6, 6.07) is 0. The van der Waals surface area contributed by atoms with Crippen molar-refractivity contribution >= 4 is 5.96 Å². The van der Waals surface area contributed by atoms with E-state index in [-0.39, 0.29) is 5.54 Å². The summed E-state index contributed by atoms with van der Waals surface area (Å²) in [7, 11) is 0. The van der Waals surface area contributed by atoms with Gasteiger partial charge in [-0.05, 0) is 45.7 Å². The lowest BCUT2D eigenvalue weighted by Crippen LogP contribution is -2.54. The molecule has 0 aromatic rings. The fraction of sp³-hybridized carbons (Fsp3) is 0.947. The first-order valence-electron chi connectivity index (χ1n) is 10.5. The summed E-state index contributed by atoms with van der Waals surface area (Å²) < 4.78 is 11.1. The van der Waals surface area contributed by atoms with Crippen LogP contribution in [0, 0.1) is 0 Å². The van der Waals surface area contributed by atoms with E-state index in [1.165, 1.54) is 25.9 Å². The molecule has 2 N–H and O–H groups in total. The molecule has 7 nitrogen and oxygen atoms in total. The summed E-state index contributed by atoms with van der Waals surface area (Å²) in [5.41, 5.74) is 0.196. The van der Waals surface area contributed by atoms with Gasteiger partial charge in [-0.2, -0.15) is 0 Å². The Morgan fingerprint density at radius 3 is 2.35 bits per heavy atom. The summed E-state index contributed by atoms with van der Waals surface area (Å²) in [6.45, 7) is 13.8. The zero-order chi connectivity index (χ0) is 18.1. The van der Waals surface area contributed by atoms with Gasteiger partial charge >= 0.3 is 0 Å². The van der Waals surface area contributed by atoms with E-state index < -0.39 is 0 Å². The zero-order valence-electron chi connectivity index (χ0n) is 16.5. The Morgan fingerprint density at radius 2 is 1.65 bits per heavy atom. The normalized spacial score (nSPS) is 25.3. The third-order valence-electron chi connectivity index (χ3n) is 5.90. The average Bonchev–Trinajstić information content (AvgIpc) is 3.23. The van der Waals surface area contributed by atoms with E-state index >= 15 is 0 Å². The largest absolute Gasteiger partial charge is 0.381 e. The molecule has 0 spiro atoms. The molecule has 0 aromatic carbocycles. The van der Waals surface area contributed by atoms with Gasteiger partial charge in [-0.3, -0.25) is 14.8 Å². The van der Waals surface area contributed by atoms with Crippen LogP contribution in [-0.4, -0.2) is 100 Å². The van der Waals surface area contributed by atoms with Crippen molar-refractivity contribution < 1.29 is 9.47 Å². The van der Waals surface area contributed by atoms with Crippen LogP contribution in [0.15, 0.2) is 4.99 Å². The van der Waals surface area contributed by atoms with Crippen molar-refractivity contribution in [3.8, 4) is 0 Å². The van der Waals surface area contributed by atoms with E-state index in [4.69, 9.17) is 14.5 Å². The molecule has 3 aliphatic rings. The van der Waals surface area contributed by atoms with Crippen LogP contribution >= 0.6 is 0 Å². The molecular weight excluding hydrogens is 330 g/mol. The van der Waals surface area contributed by atoms with E-state index in [1.807, 2.05) is 0 Å². The average molecular weight is 368 g/mol. The fourth-order valence-electron chi connectivity index (χ4n) is 4.24.